The van der Waals surface area contributed by atoms with Crippen molar-refractivity contribution in [3.05, 3.63) is 90.0 Å². The van der Waals surface area contributed by atoms with Crippen molar-refractivity contribution in [2.45, 2.75) is 0 Å². The van der Waals surface area contributed by atoms with E-state index in [0.717, 1.165) is 47.7 Å². The number of fused-ring (bicyclic) bond motifs is 20. The Morgan fingerprint density at radius 1 is 0.452 bits per heavy atom. The molecule has 0 unspecified atom stereocenters. The van der Waals surface area contributed by atoms with Crippen LogP contribution >= 0.6 is 11.6 Å². The Hall–Kier alpha value is -4.76. The number of aromatic amines is 2. The fraction of sp³-hybridized carbons (Fsp3) is 0. The van der Waals surface area contributed by atoms with Gasteiger partial charge < -0.3 is 0 Å². The molecule has 42 heavy (non-hydrogen) atoms. The normalized spacial score (nSPS) is 12.0. The van der Waals surface area contributed by atoms with Gasteiger partial charge in [-0.05, 0) is 0 Å². The van der Waals surface area contributed by atoms with Gasteiger partial charge in [0.25, 0.3) is 0 Å². The molecule has 0 aliphatic carbocycles. The molecule has 8 bridgehead atoms. The van der Waals surface area contributed by atoms with Crippen molar-refractivity contribution in [3.8, 4) is 45.6 Å². The van der Waals surface area contributed by atoms with Crippen molar-refractivity contribution in [3.63, 3.8) is 0 Å². The van der Waals surface area contributed by atoms with Gasteiger partial charge >= 0.3 is 237 Å². The summed E-state index contributed by atoms with van der Waals surface area (Å²) in [6, 6.07) is 28.0. The van der Waals surface area contributed by atoms with Gasteiger partial charge in [-0.25, -0.2) is 0 Å². The molecular formula is C32H16ClN8Ti. The van der Waals surface area contributed by atoms with E-state index in [1.54, 1.807) is 0 Å². The number of benzene rings is 4. The number of nitrogens with zero attached hydrogens (tertiary/aromatic N) is 6. The Morgan fingerprint density at radius 2 is 0.857 bits per heavy atom. The molecule has 0 fully saturated rings. The molecule has 0 atom stereocenters. The monoisotopic (exact) mass is 595 g/mol. The second kappa shape index (κ2) is 8.87. The molecule has 3 aromatic heterocycles. The number of hydrogen-bond acceptors (Lipinski definition) is 6. The van der Waals surface area contributed by atoms with E-state index in [2.05, 4.69) is 9.97 Å². The number of aromatic nitrogens is 8. The predicted molar refractivity (Wildman–Crippen MR) is 161 cm³/mol. The van der Waals surface area contributed by atoms with Crippen LogP contribution in [0.15, 0.2) is 84.9 Å². The van der Waals surface area contributed by atoms with Crippen LogP contribution in [0.5, 0.6) is 0 Å². The molecule has 0 spiro atoms. The summed E-state index contributed by atoms with van der Waals surface area (Å²) in [5, 5.41) is 4.12. The Labute approximate surface area is 254 Å². The topological polar surface area (TPSA) is 109 Å². The van der Waals surface area contributed by atoms with Crippen LogP contribution in [-0.2, 0) is 20.4 Å². The van der Waals surface area contributed by atoms with Crippen LogP contribution in [0.4, 0.5) is 0 Å². The summed E-state index contributed by atoms with van der Waals surface area (Å²) >= 11 is 8.88. The standard InChI is InChI=1S/C32H16ClN8.Ti/c33-23-15-7-14-22-24(23)32-40-30-21-13-6-5-12-20(21)28(38-30)36-26-17-9-2-1-8-16(17)25(34-26)35-27-18-10-3-4-11-19(18)29(37-27)39-31(22)41-32;/h1-14H,(H2,34,35,36,37,38,39,40,41);. The van der Waals surface area contributed by atoms with Crippen LogP contribution in [0.1, 0.15) is 0 Å². The second-order valence-corrected chi connectivity index (χ2v) is 11.3. The third kappa shape index (κ3) is 3.46. The van der Waals surface area contributed by atoms with Crippen LogP contribution < -0.4 is 3.87 Å². The van der Waals surface area contributed by atoms with E-state index < -0.39 is 0 Å². The van der Waals surface area contributed by atoms with Gasteiger partial charge in [0.2, 0.25) is 0 Å². The van der Waals surface area contributed by atoms with Gasteiger partial charge in [-0.2, -0.15) is 0 Å². The van der Waals surface area contributed by atoms with E-state index in [0.29, 0.717) is 50.9 Å². The van der Waals surface area contributed by atoms with Crippen molar-refractivity contribution >= 4 is 59.6 Å². The number of rotatable bonds is 0. The summed E-state index contributed by atoms with van der Waals surface area (Å²) in [6.45, 7) is 0. The first kappa shape index (κ1) is 23.9. The zero-order chi connectivity index (χ0) is 27.9. The Balaban J connectivity index is 1.52. The van der Waals surface area contributed by atoms with Crippen LogP contribution in [-0.4, -0.2) is 39.9 Å². The molecule has 4 aromatic carbocycles. The van der Waals surface area contributed by atoms with Crippen molar-refractivity contribution in [1.82, 2.24) is 39.9 Å². The van der Waals surface area contributed by atoms with Crippen LogP contribution in [0.25, 0.3) is 89.7 Å². The summed E-state index contributed by atoms with van der Waals surface area (Å²) in [6.07, 6.45) is 0. The number of halogens is 1. The maximum atomic E-state index is 6.90. The molecule has 0 radical (unpaired) electrons. The summed E-state index contributed by atoms with van der Waals surface area (Å²) in [7, 11) is 0. The third-order valence-corrected chi connectivity index (χ3v) is 8.95. The molecule has 0 amide bonds. The van der Waals surface area contributed by atoms with E-state index in [-0.39, 0.29) is 0 Å². The van der Waals surface area contributed by atoms with E-state index in [4.69, 9.17) is 41.5 Å². The zero-order valence-corrected chi connectivity index (χ0v) is 24.0. The molecule has 2 aliphatic heterocycles. The third-order valence-electron chi connectivity index (χ3n) is 7.66. The van der Waals surface area contributed by atoms with Gasteiger partial charge in [0.05, 0.1) is 0 Å². The molecule has 8 nitrogen and oxygen atoms in total. The molecule has 2 N–H and O–H groups in total. The molecule has 0 saturated carbocycles. The number of H-pyrrole nitrogens is 2. The molecule has 2 aliphatic rings. The molecule has 7 aromatic rings. The van der Waals surface area contributed by atoms with Gasteiger partial charge in [0.15, 0.2) is 0 Å². The fourth-order valence-electron chi connectivity index (χ4n) is 5.69. The van der Waals surface area contributed by atoms with E-state index in [9.17, 15) is 0 Å². The minimum atomic E-state index is 0.545. The Kier molecular flexibility index (Phi) is 5.05. The summed E-state index contributed by atoms with van der Waals surface area (Å²) in [5.74, 6) is 2.24. The first-order valence-corrected chi connectivity index (χ1v) is 14.4. The predicted octanol–water partition coefficient (Wildman–Crippen LogP) is 6.69. The van der Waals surface area contributed by atoms with Crippen molar-refractivity contribution in [2.75, 3.05) is 0 Å². The Bertz CT molecular complexity index is 2460. The SMILES string of the molecule is Clc1[c]([Ti])ccc2c3nc4nc(nc5[nH]c(nc6nc(nc([nH]3)c12)-c1ccccc1-6)c1ccccc51)-c1ccccc1-4. The van der Waals surface area contributed by atoms with E-state index in [1.807, 2.05) is 105 Å². The number of nitrogens with one attached hydrogen (secondary N) is 2. The van der Waals surface area contributed by atoms with Crippen molar-refractivity contribution in [1.29, 1.82) is 0 Å². The molecule has 9 rings (SSSR count). The van der Waals surface area contributed by atoms with Crippen molar-refractivity contribution in [2.24, 2.45) is 0 Å². The first-order valence-electron chi connectivity index (χ1n) is 13.3. The van der Waals surface area contributed by atoms with Gasteiger partial charge in [-0.1, -0.05) is 18.2 Å². The minimum absolute atomic E-state index is 0.545. The van der Waals surface area contributed by atoms with Crippen LogP contribution in [0, 0.1) is 0 Å². The van der Waals surface area contributed by atoms with Crippen LogP contribution in [0.3, 0.4) is 0 Å². The van der Waals surface area contributed by atoms with E-state index >= 15 is 0 Å². The Morgan fingerprint density at radius 3 is 1.36 bits per heavy atom. The summed E-state index contributed by atoms with van der Waals surface area (Å²) in [5.41, 5.74) is 6.11. The summed E-state index contributed by atoms with van der Waals surface area (Å²) < 4.78 is 0.945. The summed E-state index contributed by atoms with van der Waals surface area (Å²) in [4.78, 5) is 36.8. The zero-order valence-electron chi connectivity index (χ0n) is 21.6. The van der Waals surface area contributed by atoms with Gasteiger partial charge in [0, 0.05) is 0 Å². The maximum absolute atomic E-state index is 6.90. The van der Waals surface area contributed by atoms with Gasteiger partial charge in [-0.3, -0.25) is 0 Å². The molecule has 5 heterocycles. The molecule has 0 saturated heterocycles. The molecule has 10 heteroatoms. The van der Waals surface area contributed by atoms with Gasteiger partial charge in [-0.15, -0.1) is 0 Å². The number of hydrogen-bond donors (Lipinski definition) is 2. The quantitative estimate of drug-likeness (QED) is 0.189. The fourth-order valence-corrected chi connectivity index (χ4v) is 6.27. The molecular weight excluding hydrogens is 580 g/mol. The second-order valence-electron chi connectivity index (χ2n) is 10.1. The first-order chi connectivity index (χ1) is 20.6. The van der Waals surface area contributed by atoms with Crippen molar-refractivity contribution < 1.29 is 20.4 Å². The van der Waals surface area contributed by atoms with Gasteiger partial charge in [0.1, 0.15) is 0 Å². The van der Waals surface area contributed by atoms with E-state index in [1.165, 1.54) is 0 Å². The average Bonchev–Trinajstić information content (AvgIpc) is 3.74. The molecule has 195 valence electrons. The van der Waals surface area contributed by atoms with Crippen LogP contribution in [0.2, 0.25) is 5.02 Å². The average molecular weight is 596 g/mol.